The molecule has 0 aliphatic rings. The Morgan fingerprint density at radius 3 is 2.57 bits per heavy atom. The maximum absolute atomic E-state index is 12.6. The first kappa shape index (κ1) is 17.5. The van der Waals surface area contributed by atoms with Gasteiger partial charge >= 0.3 is 0 Å². The quantitative estimate of drug-likeness (QED) is 0.735. The summed E-state index contributed by atoms with van der Waals surface area (Å²) in [5.41, 5.74) is 1.42. The van der Waals surface area contributed by atoms with Crippen LogP contribution < -0.4 is 5.32 Å². The van der Waals surface area contributed by atoms with Crippen molar-refractivity contribution in [3.05, 3.63) is 47.0 Å². The first-order valence-electron chi connectivity index (χ1n) is 8.15. The van der Waals surface area contributed by atoms with Crippen molar-refractivity contribution in [2.75, 3.05) is 0 Å². The minimum Gasteiger partial charge on any atom is -0.348 e. The first-order chi connectivity index (χ1) is 11.0. The van der Waals surface area contributed by atoms with E-state index in [-0.39, 0.29) is 11.9 Å². The number of carbonyl (C=O) groups is 1. The lowest BCUT2D eigenvalue weighted by molar-refractivity contribution is 0.0931. The van der Waals surface area contributed by atoms with Crippen molar-refractivity contribution in [3.8, 4) is 5.69 Å². The molecule has 0 aliphatic carbocycles. The van der Waals surface area contributed by atoms with Crippen molar-refractivity contribution in [1.82, 2.24) is 14.9 Å². The predicted molar refractivity (Wildman–Crippen MR) is 96.6 cm³/mol. The van der Waals surface area contributed by atoms with Crippen LogP contribution >= 0.6 is 12.2 Å². The van der Waals surface area contributed by atoms with Gasteiger partial charge in [-0.3, -0.25) is 9.36 Å². The number of amides is 1. The molecule has 2 N–H and O–H groups in total. The summed E-state index contributed by atoms with van der Waals surface area (Å²) in [6.45, 7) is 6.49. The Kier molecular flexibility index (Phi) is 6.16. The van der Waals surface area contributed by atoms with E-state index in [1.807, 2.05) is 37.3 Å². The molecular weight excluding hydrogens is 306 g/mol. The Bertz CT molecular complexity index is 688. The molecule has 0 fully saturated rings. The van der Waals surface area contributed by atoms with Crippen molar-refractivity contribution < 1.29 is 4.79 Å². The van der Waals surface area contributed by atoms with Crippen LogP contribution in [0, 0.1) is 10.7 Å². The van der Waals surface area contributed by atoms with Gasteiger partial charge < -0.3 is 10.3 Å². The smallest absolute Gasteiger partial charge is 0.270 e. The van der Waals surface area contributed by atoms with Gasteiger partial charge in [-0.15, -0.1) is 0 Å². The highest BCUT2D eigenvalue weighted by Gasteiger charge is 2.16. The summed E-state index contributed by atoms with van der Waals surface area (Å²) < 4.78 is 2.29. The number of nitrogens with zero attached hydrogens (tertiary/aromatic N) is 1. The molecule has 0 spiro atoms. The second-order valence-corrected chi connectivity index (χ2v) is 6.74. The zero-order valence-electron chi connectivity index (χ0n) is 14.0. The average molecular weight is 331 g/mol. The van der Waals surface area contributed by atoms with E-state index in [9.17, 15) is 4.79 Å². The van der Waals surface area contributed by atoms with E-state index in [2.05, 4.69) is 24.1 Å². The summed E-state index contributed by atoms with van der Waals surface area (Å²) in [7, 11) is 0. The summed E-state index contributed by atoms with van der Waals surface area (Å²) >= 11 is 5.31. The van der Waals surface area contributed by atoms with Gasteiger partial charge in [0.1, 0.15) is 5.69 Å². The van der Waals surface area contributed by atoms with Crippen LogP contribution in [0.3, 0.4) is 0 Å². The van der Waals surface area contributed by atoms with E-state index in [0.717, 1.165) is 18.5 Å². The molecule has 2 aromatic rings. The van der Waals surface area contributed by atoms with Gasteiger partial charge in [-0.2, -0.15) is 0 Å². The third kappa shape index (κ3) is 4.79. The molecule has 4 nitrogen and oxygen atoms in total. The average Bonchev–Trinajstić information content (AvgIpc) is 2.89. The van der Waals surface area contributed by atoms with Crippen molar-refractivity contribution in [2.45, 2.75) is 46.1 Å². The van der Waals surface area contributed by atoms with Crippen LogP contribution in [0.5, 0.6) is 0 Å². The van der Waals surface area contributed by atoms with Gasteiger partial charge in [0, 0.05) is 17.9 Å². The zero-order valence-corrected chi connectivity index (χ0v) is 14.8. The molecule has 1 heterocycles. The molecule has 0 bridgehead atoms. The molecule has 23 heavy (non-hydrogen) atoms. The van der Waals surface area contributed by atoms with E-state index in [0.29, 0.717) is 16.4 Å². The lowest BCUT2D eigenvalue weighted by atomic mass is 10.0. The SMILES string of the molecule is CC(C)CCCC(C)NC(=O)c1c[nH]c(=S)n1-c1ccccc1. The summed E-state index contributed by atoms with van der Waals surface area (Å²) in [5.74, 6) is 0.601. The number of carbonyl (C=O) groups excluding carboxylic acids is 1. The number of hydrogen-bond donors (Lipinski definition) is 2. The number of hydrogen-bond acceptors (Lipinski definition) is 2. The molecule has 5 heteroatoms. The maximum atomic E-state index is 12.6. The van der Waals surface area contributed by atoms with Gasteiger partial charge in [-0.05, 0) is 43.6 Å². The van der Waals surface area contributed by atoms with E-state index < -0.39 is 0 Å². The number of imidazole rings is 1. The fraction of sp³-hybridized carbons (Fsp3) is 0.444. The highest BCUT2D eigenvalue weighted by molar-refractivity contribution is 7.71. The number of aromatic nitrogens is 2. The molecule has 1 unspecified atom stereocenters. The summed E-state index contributed by atoms with van der Waals surface area (Å²) in [4.78, 5) is 15.5. The van der Waals surface area contributed by atoms with Crippen molar-refractivity contribution >= 4 is 18.1 Å². The van der Waals surface area contributed by atoms with E-state index in [1.54, 1.807) is 10.8 Å². The van der Waals surface area contributed by atoms with Crippen LogP contribution in [0.4, 0.5) is 0 Å². The van der Waals surface area contributed by atoms with Gasteiger partial charge in [-0.25, -0.2) is 0 Å². The van der Waals surface area contributed by atoms with Gasteiger partial charge in [0.05, 0.1) is 0 Å². The fourth-order valence-electron chi connectivity index (χ4n) is 2.57. The van der Waals surface area contributed by atoms with E-state index in [4.69, 9.17) is 12.2 Å². The van der Waals surface area contributed by atoms with Gasteiger partial charge in [-0.1, -0.05) is 44.9 Å². The lowest BCUT2D eigenvalue weighted by Gasteiger charge is -2.15. The van der Waals surface area contributed by atoms with Crippen LogP contribution in [0.1, 0.15) is 50.5 Å². The summed E-state index contributed by atoms with van der Waals surface area (Å²) in [6.07, 6.45) is 4.97. The third-order valence-electron chi connectivity index (χ3n) is 3.82. The Labute approximate surface area is 142 Å². The van der Waals surface area contributed by atoms with Crippen molar-refractivity contribution in [3.63, 3.8) is 0 Å². The number of H-pyrrole nitrogens is 1. The van der Waals surface area contributed by atoms with E-state index >= 15 is 0 Å². The Morgan fingerprint density at radius 2 is 1.91 bits per heavy atom. The number of rotatable bonds is 7. The molecule has 0 saturated heterocycles. The molecule has 1 atom stereocenters. The minimum atomic E-state index is -0.0988. The Hall–Kier alpha value is -1.88. The fourth-order valence-corrected chi connectivity index (χ4v) is 2.83. The van der Waals surface area contributed by atoms with Crippen LogP contribution in [0.25, 0.3) is 5.69 Å². The topological polar surface area (TPSA) is 49.8 Å². The molecule has 0 radical (unpaired) electrons. The van der Waals surface area contributed by atoms with Crippen LogP contribution in [-0.4, -0.2) is 21.5 Å². The molecule has 124 valence electrons. The Morgan fingerprint density at radius 1 is 1.22 bits per heavy atom. The maximum Gasteiger partial charge on any atom is 0.270 e. The molecular formula is C18H25N3OS. The van der Waals surface area contributed by atoms with Crippen molar-refractivity contribution in [2.24, 2.45) is 5.92 Å². The monoisotopic (exact) mass is 331 g/mol. The molecule has 1 aromatic carbocycles. The molecule has 0 aliphatic heterocycles. The first-order valence-corrected chi connectivity index (χ1v) is 8.56. The van der Waals surface area contributed by atoms with Gasteiger partial charge in [0.15, 0.2) is 4.77 Å². The molecule has 0 saturated carbocycles. The third-order valence-corrected chi connectivity index (χ3v) is 4.12. The zero-order chi connectivity index (χ0) is 16.8. The lowest BCUT2D eigenvalue weighted by Crippen LogP contribution is -2.33. The molecule has 1 amide bonds. The van der Waals surface area contributed by atoms with Crippen molar-refractivity contribution in [1.29, 1.82) is 0 Å². The largest absolute Gasteiger partial charge is 0.348 e. The standard InChI is InChI=1S/C18H25N3OS/c1-13(2)8-7-9-14(3)20-17(22)16-12-19-18(23)21(16)15-10-5-4-6-11-15/h4-6,10-14H,7-9H2,1-3H3,(H,19,23)(H,20,22). The predicted octanol–water partition coefficient (Wildman–Crippen LogP) is 4.48. The van der Waals surface area contributed by atoms with Crippen LogP contribution in [0.15, 0.2) is 36.5 Å². The van der Waals surface area contributed by atoms with E-state index in [1.165, 1.54) is 6.42 Å². The number of nitrogens with one attached hydrogen (secondary N) is 2. The second-order valence-electron chi connectivity index (χ2n) is 6.35. The molecule has 2 rings (SSSR count). The normalized spacial score (nSPS) is 12.3. The van der Waals surface area contributed by atoms with Crippen LogP contribution in [0.2, 0.25) is 0 Å². The van der Waals surface area contributed by atoms with Gasteiger partial charge in [0.2, 0.25) is 0 Å². The second kappa shape index (κ2) is 8.11. The van der Waals surface area contributed by atoms with Gasteiger partial charge in [0.25, 0.3) is 5.91 Å². The number of aromatic amines is 1. The number of para-hydroxylation sites is 1. The molecule has 1 aromatic heterocycles. The minimum absolute atomic E-state index is 0.0988. The summed E-state index contributed by atoms with van der Waals surface area (Å²) in [6, 6.07) is 9.82. The number of benzene rings is 1. The highest BCUT2D eigenvalue weighted by atomic mass is 32.1. The highest BCUT2D eigenvalue weighted by Crippen LogP contribution is 2.13. The summed E-state index contributed by atoms with van der Waals surface area (Å²) in [5, 5.41) is 3.07. The Balaban J connectivity index is 2.08. The van der Waals surface area contributed by atoms with Crippen LogP contribution in [-0.2, 0) is 0 Å².